The first-order valence-corrected chi connectivity index (χ1v) is 6.77. The normalized spacial score (nSPS) is 15.1. The average Bonchev–Trinajstić information content (AvgIpc) is 2.33. The molecular weight excluding hydrogens is 226 g/mol. The van der Waals surface area contributed by atoms with Crippen LogP contribution >= 0.6 is 0 Å². The van der Waals surface area contributed by atoms with Gasteiger partial charge in [0.25, 0.3) is 0 Å². The highest BCUT2D eigenvalue weighted by molar-refractivity contribution is 5.73. The Morgan fingerprint density at radius 3 is 2.72 bits per heavy atom. The zero-order chi connectivity index (χ0) is 12.6. The second kappa shape index (κ2) is 7.17. The van der Waals surface area contributed by atoms with Crippen molar-refractivity contribution in [2.45, 2.75) is 32.2 Å². The third-order valence-corrected chi connectivity index (χ3v) is 3.35. The van der Waals surface area contributed by atoms with Crippen LogP contribution in [-0.2, 0) is 16.1 Å². The molecule has 3 heteroatoms. The lowest BCUT2D eigenvalue weighted by Gasteiger charge is -2.23. The summed E-state index contributed by atoms with van der Waals surface area (Å²) in [5.41, 5.74) is 1.28. The second-order valence-corrected chi connectivity index (χ2v) is 4.81. The summed E-state index contributed by atoms with van der Waals surface area (Å²) in [4.78, 5) is 11.4. The Labute approximate surface area is 109 Å². The molecule has 0 spiro atoms. The molecule has 1 aliphatic carbocycles. The molecule has 0 unspecified atom stereocenters. The van der Waals surface area contributed by atoms with Crippen molar-refractivity contribution in [3.63, 3.8) is 0 Å². The molecule has 0 aromatic heterocycles. The Bertz CT molecular complexity index is 360. The van der Waals surface area contributed by atoms with Crippen LogP contribution in [0.5, 0.6) is 0 Å². The second-order valence-electron chi connectivity index (χ2n) is 4.81. The maximum Gasteiger partial charge on any atom is 0.308 e. The van der Waals surface area contributed by atoms with Crippen molar-refractivity contribution in [3.05, 3.63) is 35.9 Å². The fourth-order valence-electron chi connectivity index (χ4n) is 1.96. The van der Waals surface area contributed by atoms with Gasteiger partial charge in [0.1, 0.15) is 0 Å². The molecule has 2 rings (SSSR count). The average molecular weight is 247 g/mol. The summed E-state index contributed by atoms with van der Waals surface area (Å²) >= 11 is 0. The SMILES string of the molecule is O=C(OCCCNCc1ccccc1)C1CCC1. The fraction of sp³-hybridized carbons (Fsp3) is 0.533. The molecule has 0 aliphatic heterocycles. The fourth-order valence-corrected chi connectivity index (χ4v) is 1.96. The van der Waals surface area contributed by atoms with Crippen LogP contribution in [-0.4, -0.2) is 19.1 Å². The van der Waals surface area contributed by atoms with Crippen LogP contribution in [0, 0.1) is 5.92 Å². The predicted octanol–water partition coefficient (Wildman–Crippen LogP) is 2.51. The van der Waals surface area contributed by atoms with Crippen molar-refractivity contribution >= 4 is 5.97 Å². The minimum Gasteiger partial charge on any atom is -0.465 e. The molecule has 3 nitrogen and oxygen atoms in total. The van der Waals surface area contributed by atoms with Gasteiger partial charge in [-0.05, 0) is 31.4 Å². The first-order valence-electron chi connectivity index (χ1n) is 6.77. The number of hydrogen-bond acceptors (Lipinski definition) is 3. The number of ether oxygens (including phenoxy) is 1. The number of hydrogen-bond donors (Lipinski definition) is 1. The van der Waals surface area contributed by atoms with Crippen LogP contribution < -0.4 is 5.32 Å². The van der Waals surface area contributed by atoms with Gasteiger partial charge in [-0.25, -0.2) is 0 Å². The Morgan fingerprint density at radius 1 is 1.28 bits per heavy atom. The molecule has 0 atom stereocenters. The highest BCUT2D eigenvalue weighted by Crippen LogP contribution is 2.27. The van der Waals surface area contributed by atoms with Gasteiger partial charge in [0.05, 0.1) is 12.5 Å². The van der Waals surface area contributed by atoms with E-state index in [0.717, 1.165) is 32.4 Å². The standard InChI is InChI=1S/C15H21NO2/c17-15(14-8-4-9-14)18-11-5-10-16-12-13-6-2-1-3-7-13/h1-3,6-7,14,16H,4-5,8-12H2. The maximum atomic E-state index is 11.4. The van der Waals surface area contributed by atoms with Crippen LogP contribution in [0.2, 0.25) is 0 Å². The molecule has 1 aromatic carbocycles. The molecule has 1 aromatic rings. The third-order valence-electron chi connectivity index (χ3n) is 3.35. The zero-order valence-corrected chi connectivity index (χ0v) is 10.7. The first-order chi connectivity index (χ1) is 8.86. The summed E-state index contributed by atoms with van der Waals surface area (Å²) < 4.78 is 5.22. The minimum absolute atomic E-state index is 0.00399. The van der Waals surface area contributed by atoms with Gasteiger partial charge in [0.15, 0.2) is 0 Å². The molecule has 0 saturated heterocycles. The number of benzene rings is 1. The quantitative estimate of drug-likeness (QED) is 0.594. The molecule has 98 valence electrons. The molecule has 18 heavy (non-hydrogen) atoms. The Morgan fingerprint density at radius 2 is 2.06 bits per heavy atom. The first kappa shape index (κ1) is 13.1. The summed E-state index contributed by atoms with van der Waals surface area (Å²) in [5, 5.41) is 3.34. The van der Waals surface area contributed by atoms with Gasteiger partial charge in [-0.15, -0.1) is 0 Å². The van der Waals surface area contributed by atoms with E-state index in [-0.39, 0.29) is 11.9 Å². The van der Waals surface area contributed by atoms with Crippen molar-refractivity contribution in [1.29, 1.82) is 0 Å². The Kier molecular flexibility index (Phi) is 5.21. The summed E-state index contributed by atoms with van der Waals surface area (Å²) in [7, 11) is 0. The lowest BCUT2D eigenvalue weighted by Crippen LogP contribution is -2.25. The molecule has 1 fully saturated rings. The third kappa shape index (κ3) is 4.15. The smallest absolute Gasteiger partial charge is 0.308 e. The van der Waals surface area contributed by atoms with E-state index >= 15 is 0 Å². The van der Waals surface area contributed by atoms with Crippen LogP contribution in [0.15, 0.2) is 30.3 Å². The molecular formula is C15H21NO2. The van der Waals surface area contributed by atoms with Crippen molar-refractivity contribution in [3.8, 4) is 0 Å². The van der Waals surface area contributed by atoms with E-state index in [9.17, 15) is 4.79 Å². The van der Waals surface area contributed by atoms with Crippen LogP contribution in [0.3, 0.4) is 0 Å². The van der Waals surface area contributed by atoms with Crippen molar-refractivity contribution in [1.82, 2.24) is 5.32 Å². The van der Waals surface area contributed by atoms with Crippen molar-refractivity contribution in [2.24, 2.45) is 5.92 Å². The Hall–Kier alpha value is -1.35. The molecule has 0 radical (unpaired) electrons. The number of rotatable bonds is 7. The lowest BCUT2D eigenvalue weighted by atomic mass is 9.86. The minimum atomic E-state index is 0.00399. The number of carbonyl (C=O) groups excluding carboxylic acids is 1. The van der Waals surface area contributed by atoms with Gasteiger partial charge >= 0.3 is 5.97 Å². The van der Waals surface area contributed by atoms with E-state index in [4.69, 9.17) is 4.74 Å². The predicted molar refractivity (Wildman–Crippen MR) is 71.1 cm³/mol. The van der Waals surface area contributed by atoms with E-state index in [2.05, 4.69) is 17.4 Å². The lowest BCUT2D eigenvalue weighted by molar-refractivity contribution is -0.151. The Balaban J connectivity index is 1.47. The molecule has 0 heterocycles. The van der Waals surface area contributed by atoms with E-state index in [1.54, 1.807) is 0 Å². The van der Waals surface area contributed by atoms with E-state index in [1.807, 2.05) is 18.2 Å². The highest BCUT2D eigenvalue weighted by Gasteiger charge is 2.26. The molecule has 1 aliphatic rings. The van der Waals surface area contributed by atoms with E-state index in [0.29, 0.717) is 6.61 Å². The van der Waals surface area contributed by atoms with Gasteiger partial charge in [0.2, 0.25) is 0 Å². The summed E-state index contributed by atoms with van der Waals surface area (Å²) in [5.74, 6) is 0.201. The maximum absolute atomic E-state index is 11.4. The van der Waals surface area contributed by atoms with Gasteiger partial charge in [-0.1, -0.05) is 36.8 Å². The van der Waals surface area contributed by atoms with Crippen LogP contribution in [0.1, 0.15) is 31.2 Å². The van der Waals surface area contributed by atoms with E-state index < -0.39 is 0 Å². The van der Waals surface area contributed by atoms with Gasteiger partial charge in [0, 0.05) is 6.54 Å². The molecule has 0 amide bonds. The highest BCUT2D eigenvalue weighted by atomic mass is 16.5. The largest absolute Gasteiger partial charge is 0.465 e. The number of esters is 1. The summed E-state index contributed by atoms with van der Waals surface area (Å²) in [6, 6.07) is 10.3. The monoisotopic (exact) mass is 247 g/mol. The van der Waals surface area contributed by atoms with Gasteiger partial charge < -0.3 is 10.1 Å². The van der Waals surface area contributed by atoms with Gasteiger partial charge in [-0.2, -0.15) is 0 Å². The summed E-state index contributed by atoms with van der Waals surface area (Å²) in [6.45, 7) is 2.29. The topological polar surface area (TPSA) is 38.3 Å². The van der Waals surface area contributed by atoms with Crippen LogP contribution in [0.4, 0.5) is 0 Å². The van der Waals surface area contributed by atoms with Crippen molar-refractivity contribution < 1.29 is 9.53 Å². The number of nitrogens with one attached hydrogen (secondary N) is 1. The molecule has 1 saturated carbocycles. The van der Waals surface area contributed by atoms with Gasteiger partial charge in [-0.3, -0.25) is 4.79 Å². The zero-order valence-electron chi connectivity index (χ0n) is 10.7. The van der Waals surface area contributed by atoms with E-state index in [1.165, 1.54) is 12.0 Å². The number of carbonyl (C=O) groups is 1. The summed E-state index contributed by atoms with van der Waals surface area (Å²) in [6.07, 6.45) is 4.10. The molecule has 1 N–H and O–H groups in total. The van der Waals surface area contributed by atoms with Crippen molar-refractivity contribution in [2.75, 3.05) is 13.2 Å². The van der Waals surface area contributed by atoms with Crippen LogP contribution in [0.25, 0.3) is 0 Å². The molecule has 0 bridgehead atoms.